The SMILES string of the molecule is CC[C@H]1CC[C@H](c2cc(Cl)c(C#N)c(Cl)c2)CC1. The molecule has 0 bridgehead atoms. The highest BCUT2D eigenvalue weighted by Crippen LogP contribution is 2.39. The lowest BCUT2D eigenvalue weighted by Crippen LogP contribution is -2.12. The summed E-state index contributed by atoms with van der Waals surface area (Å²) in [4.78, 5) is 0. The van der Waals surface area contributed by atoms with Crippen molar-refractivity contribution in [3.8, 4) is 6.07 Å². The first-order chi connectivity index (χ1) is 8.65. The minimum atomic E-state index is 0.393. The number of halogens is 2. The van der Waals surface area contributed by atoms with Gasteiger partial charge in [-0.15, -0.1) is 0 Å². The highest BCUT2D eigenvalue weighted by Gasteiger charge is 2.22. The Labute approximate surface area is 119 Å². The monoisotopic (exact) mass is 281 g/mol. The summed E-state index contributed by atoms with van der Waals surface area (Å²) in [6, 6.07) is 5.89. The van der Waals surface area contributed by atoms with E-state index in [-0.39, 0.29) is 0 Å². The van der Waals surface area contributed by atoms with E-state index in [4.69, 9.17) is 28.5 Å². The van der Waals surface area contributed by atoms with Crippen LogP contribution in [-0.4, -0.2) is 0 Å². The molecule has 18 heavy (non-hydrogen) atoms. The zero-order valence-corrected chi connectivity index (χ0v) is 12.1. The van der Waals surface area contributed by atoms with Crippen LogP contribution in [0.15, 0.2) is 12.1 Å². The molecule has 0 unspecified atom stereocenters. The molecule has 1 nitrogen and oxygen atoms in total. The van der Waals surface area contributed by atoms with Crippen LogP contribution in [0.5, 0.6) is 0 Å². The van der Waals surface area contributed by atoms with E-state index in [1.165, 1.54) is 37.7 Å². The van der Waals surface area contributed by atoms with E-state index in [0.717, 1.165) is 5.92 Å². The van der Waals surface area contributed by atoms with Gasteiger partial charge in [-0.2, -0.15) is 5.26 Å². The molecule has 0 spiro atoms. The summed E-state index contributed by atoms with van der Waals surface area (Å²) in [5.74, 6) is 1.43. The average molecular weight is 282 g/mol. The third kappa shape index (κ3) is 2.82. The van der Waals surface area contributed by atoms with Crippen molar-refractivity contribution < 1.29 is 0 Å². The van der Waals surface area contributed by atoms with Crippen LogP contribution in [0.25, 0.3) is 0 Å². The van der Waals surface area contributed by atoms with E-state index in [9.17, 15) is 0 Å². The molecule has 0 heterocycles. The fraction of sp³-hybridized carbons (Fsp3) is 0.533. The number of nitriles is 1. The lowest BCUT2D eigenvalue weighted by Gasteiger charge is -2.28. The van der Waals surface area contributed by atoms with Gasteiger partial charge in [-0.05, 0) is 55.2 Å². The lowest BCUT2D eigenvalue weighted by atomic mass is 9.78. The van der Waals surface area contributed by atoms with Crippen molar-refractivity contribution in [2.45, 2.75) is 44.9 Å². The van der Waals surface area contributed by atoms with Crippen molar-refractivity contribution in [3.05, 3.63) is 33.3 Å². The van der Waals surface area contributed by atoms with Gasteiger partial charge in [-0.3, -0.25) is 0 Å². The fourth-order valence-corrected chi connectivity index (χ4v) is 3.43. The number of rotatable bonds is 2. The van der Waals surface area contributed by atoms with Crippen molar-refractivity contribution in [3.63, 3.8) is 0 Å². The van der Waals surface area contributed by atoms with Crippen LogP contribution in [0.1, 0.15) is 56.1 Å². The molecule has 2 rings (SSSR count). The van der Waals surface area contributed by atoms with E-state index < -0.39 is 0 Å². The normalized spacial score (nSPS) is 23.7. The van der Waals surface area contributed by atoms with Crippen LogP contribution >= 0.6 is 23.2 Å². The molecule has 0 N–H and O–H groups in total. The van der Waals surface area contributed by atoms with Crippen LogP contribution in [0, 0.1) is 17.2 Å². The Morgan fingerprint density at radius 2 is 1.72 bits per heavy atom. The summed E-state index contributed by atoms with van der Waals surface area (Å²) in [5.41, 5.74) is 1.59. The van der Waals surface area contributed by atoms with Gasteiger partial charge in [0.15, 0.2) is 0 Å². The molecule has 1 aromatic rings. The van der Waals surface area contributed by atoms with E-state index in [1.807, 2.05) is 18.2 Å². The highest BCUT2D eigenvalue weighted by atomic mass is 35.5. The zero-order valence-electron chi connectivity index (χ0n) is 10.5. The van der Waals surface area contributed by atoms with Crippen LogP contribution in [0.2, 0.25) is 10.0 Å². The first-order valence-electron chi connectivity index (χ1n) is 6.54. The number of nitrogens with zero attached hydrogens (tertiary/aromatic N) is 1. The molecule has 1 aliphatic rings. The summed E-state index contributed by atoms with van der Waals surface area (Å²) in [5, 5.41) is 9.92. The minimum absolute atomic E-state index is 0.393. The van der Waals surface area contributed by atoms with Crippen molar-refractivity contribution in [1.29, 1.82) is 5.26 Å². The van der Waals surface area contributed by atoms with Crippen LogP contribution in [0.3, 0.4) is 0 Å². The smallest absolute Gasteiger partial charge is 0.102 e. The number of benzene rings is 1. The Hall–Kier alpha value is -0.710. The van der Waals surface area contributed by atoms with Gasteiger partial charge < -0.3 is 0 Å². The summed E-state index contributed by atoms with van der Waals surface area (Å²) >= 11 is 12.2. The van der Waals surface area contributed by atoms with Crippen LogP contribution in [-0.2, 0) is 0 Å². The maximum Gasteiger partial charge on any atom is 0.102 e. The first-order valence-corrected chi connectivity index (χ1v) is 7.30. The second-order valence-electron chi connectivity index (χ2n) is 5.10. The molecule has 3 heteroatoms. The zero-order chi connectivity index (χ0) is 13.1. The fourth-order valence-electron chi connectivity index (χ4n) is 2.84. The number of hydrogen-bond donors (Lipinski definition) is 0. The summed E-state index contributed by atoms with van der Waals surface area (Å²) < 4.78 is 0. The maximum absolute atomic E-state index is 8.95. The molecule has 96 valence electrons. The molecule has 0 atom stereocenters. The van der Waals surface area contributed by atoms with Crippen molar-refractivity contribution in [1.82, 2.24) is 0 Å². The Bertz CT molecular complexity index is 445. The largest absolute Gasteiger partial charge is 0.192 e. The molecular formula is C15H17Cl2N. The van der Waals surface area contributed by atoms with E-state index in [1.54, 1.807) is 0 Å². The minimum Gasteiger partial charge on any atom is -0.192 e. The predicted octanol–water partition coefficient (Wildman–Crippen LogP) is 5.55. The summed E-state index contributed by atoms with van der Waals surface area (Å²) in [6.45, 7) is 2.26. The molecule has 0 aromatic heterocycles. The van der Waals surface area contributed by atoms with Gasteiger partial charge in [-0.1, -0.05) is 36.5 Å². The van der Waals surface area contributed by atoms with Gasteiger partial charge in [-0.25, -0.2) is 0 Å². The third-order valence-corrected chi connectivity index (χ3v) is 4.67. The van der Waals surface area contributed by atoms with E-state index in [0.29, 0.717) is 21.5 Å². The van der Waals surface area contributed by atoms with Crippen LogP contribution in [0.4, 0.5) is 0 Å². The first kappa shape index (κ1) is 13.7. The molecule has 0 saturated heterocycles. The van der Waals surface area contributed by atoms with Gasteiger partial charge in [0.2, 0.25) is 0 Å². The standard InChI is InChI=1S/C15H17Cl2N/c1-2-10-3-5-11(6-4-10)12-7-14(16)13(9-18)15(17)8-12/h7-8,10-11H,2-6H2,1H3/t10-,11-. The third-order valence-electron chi connectivity index (χ3n) is 4.07. The lowest BCUT2D eigenvalue weighted by molar-refractivity contribution is 0.319. The molecule has 1 aromatic carbocycles. The molecule has 0 aliphatic heterocycles. The second kappa shape index (κ2) is 5.95. The Kier molecular flexibility index (Phi) is 4.54. The summed E-state index contributed by atoms with van der Waals surface area (Å²) in [7, 11) is 0. The molecule has 1 saturated carbocycles. The van der Waals surface area contributed by atoms with Gasteiger partial charge in [0, 0.05) is 0 Å². The Balaban J connectivity index is 2.18. The molecule has 0 amide bonds. The molecule has 1 aliphatic carbocycles. The van der Waals surface area contributed by atoms with Crippen molar-refractivity contribution in [2.24, 2.45) is 5.92 Å². The quantitative estimate of drug-likeness (QED) is 0.697. The van der Waals surface area contributed by atoms with E-state index >= 15 is 0 Å². The highest BCUT2D eigenvalue weighted by molar-refractivity contribution is 6.36. The predicted molar refractivity (Wildman–Crippen MR) is 76.2 cm³/mol. The molecule has 0 radical (unpaired) electrons. The second-order valence-corrected chi connectivity index (χ2v) is 5.91. The van der Waals surface area contributed by atoms with E-state index in [2.05, 4.69) is 6.92 Å². The number of hydrogen-bond acceptors (Lipinski definition) is 1. The average Bonchev–Trinajstić information content (AvgIpc) is 2.38. The van der Waals surface area contributed by atoms with Crippen molar-refractivity contribution in [2.75, 3.05) is 0 Å². The van der Waals surface area contributed by atoms with Gasteiger partial charge in [0.1, 0.15) is 6.07 Å². The molecule has 1 fully saturated rings. The molecular weight excluding hydrogens is 265 g/mol. The van der Waals surface area contributed by atoms with Crippen LogP contribution < -0.4 is 0 Å². The summed E-state index contributed by atoms with van der Waals surface area (Å²) in [6.07, 6.45) is 6.27. The Morgan fingerprint density at radius 3 is 2.17 bits per heavy atom. The van der Waals surface area contributed by atoms with Gasteiger partial charge >= 0.3 is 0 Å². The maximum atomic E-state index is 8.95. The van der Waals surface area contributed by atoms with Crippen molar-refractivity contribution >= 4 is 23.2 Å². The van der Waals surface area contributed by atoms with Gasteiger partial charge in [0.05, 0.1) is 15.6 Å². The van der Waals surface area contributed by atoms with Gasteiger partial charge in [0.25, 0.3) is 0 Å². The Morgan fingerprint density at radius 1 is 1.17 bits per heavy atom. The topological polar surface area (TPSA) is 23.8 Å².